The van der Waals surface area contributed by atoms with Crippen LogP contribution < -0.4 is 17.0 Å². The Balaban J connectivity index is 2.17. The third-order valence-electron chi connectivity index (χ3n) is 3.96. The van der Waals surface area contributed by atoms with Gasteiger partial charge in [0.05, 0.1) is 12.2 Å². The predicted molar refractivity (Wildman–Crippen MR) is 98.9 cm³/mol. The number of nitrogens with two attached hydrogens (primary N) is 2. The van der Waals surface area contributed by atoms with E-state index >= 15 is 0 Å². The second-order valence-corrected chi connectivity index (χ2v) is 5.87. The van der Waals surface area contributed by atoms with Crippen LogP contribution in [0.15, 0.2) is 35.1 Å². The van der Waals surface area contributed by atoms with E-state index in [1.807, 2.05) is 0 Å². The molecule has 1 unspecified atom stereocenters. The maximum atomic E-state index is 12.2. The highest BCUT2D eigenvalue weighted by atomic mass is 16.6. The van der Waals surface area contributed by atoms with Gasteiger partial charge in [0.2, 0.25) is 12.5 Å². The molecule has 0 bridgehead atoms. The lowest BCUT2D eigenvalue weighted by Gasteiger charge is -2.18. The Labute approximate surface area is 154 Å². The summed E-state index contributed by atoms with van der Waals surface area (Å²) in [6, 6.07) is 7.04. The zero-order valence-corrected chi connectivity index (χ0v) is 14.8. The normalized spacial score (nSPS) is 11.7. The molecule has 2 rings (SSSR count). The highest BCUT2D eigenvalue weighted by molar-refractivity contribution is 5.89. The standard InChI is InChI=1S/C17H21N5O5/c1-2-27-16(24)12-6-3-11(4-7-12)5-8-13(10-21(25)26)22-15(23)9-14(18)20-17(22)19/h3-4,6-7,9,13H,2,5,8,10,18H2,1H3,(H2,19,20). The molecule has 1 aromatic carbocycles. The number of nitro groups is 1. The monoisotopic (exact) mass is 375 g/mol. The number of nitrogens with zero attached hydrogens (tertiary/aromatic N) is 3. The second kappa shape index (κ2) is 8.79. The van der Waals surface area contributed by atoms with Crippen molar-refractivity contribution in [3.05, 3.63) is 61.9 Å². The molecule has 0 aliphatic rings. The lowest BCUT2D eigenvalue weighted by Crippen LogP contribution is -2.32. The number of benzene rings is 1. The summed E-state index contributed by atoms with van der Waals surface area (Å²) in [6.07, 6.45) is 0.729. The highest BCUT2D eigenvalue weighted by Crippen LogP contribution is 2.18. The molecule has 1 atom stereocenters. The van der Waals surface area contributed by atoms with E-state index in [2.05, 4.69) is 4.98 Å². The maximum Gasteiger partial charge on any atom is 0.338 e. The molecule has 27 heavy (non-hydrogen) atoms. The number of ether oxygens (including phenoxy) is 1. The van der Waals surface area contributed by atoms with Gasteiger partial charge >= 0.3 is 5.97 Å². The van der Waals surface area contributed by atoms with Gasteiger partial charge in [-0.25, -0.2) is 4.79 Å². The number of carbonyl (C=O) groups excluding carboxylic acids is 1. The lowest BCUT2D eigenvalue weighted by atomic mass is 10.0. The van der Waals surface area contributed by atoms with Crippen LogP contribution in [0.1, 0.15) is 35.3 Å². The minimum absolute atomic E-state index is 0.0387. The van der Waals surface area contributed by atoms with Crippen molar-refractivity contribution in [2.75, 3.05) is 24.6 Å². The molecule has 0 fully saturated rings. The highest BCUT2D eigenvalue weighted by Gasteiger charge is 2.22. The topological polar surface area (TPSA) is 156 Å². The SMILES string of the molecule is CCOC(=O)c1ccc(CCC(C[N+](=O)[O-])n2c(N)nc(N)cc2=O)cc1. The molecule has 0 aliphatic heterocycles. The zero-order valence-electron chi connectivity index (χ0n) is 14.8. The van der Waals surface area contributed by atoms with Crippen molar-refractivity contribution in [1.82, 2.24) is 9.55 Å². The fourth-order valence-electron chi connectivity index (χ4n) is 2.72. The van der Waals surface area contributed by atoms with Crippen LogP contribution in [0.5, 0.6) is 0 Å². The van der Waals surface area contributed by atoms with E-state index in [-0.39, 0.29) is 24.8 Å². The number of carbonyl (C=O) groups is 1. The quantitative estimate of drug-likeness (QED) is 0.393. The molecule has 144 valence electrons. The molecule has 0 spiro atoms. The molecule has 2 aromatic rings. The largest absolute Gasteiger partial charge is 0.462 e. The Morgan fingerprint density at radius 2 is 2.00 bits per heavy atom. The zero-order chi connectivity index (χ0) is 20.0. The third kappa shape index (κ3) is 5.27. The molecule has 0 saturated heterocycles. The van der Waals surface area contributed by atoms with Gasteiger partial charge in [-0.1, -0.05) is 12.1 Å². The summed E-state index contributed by atoms with van der Waals surface area (Å²) < 4.78 is 6.01. The number of esters is 1. The van der Waals surface area contributed by atoms with Crippen LogP contribution in [0, 0.1) is 10.1 Å². The van der Waals surface area contributed by atoms with E-state index in [9.17, 15) is 19.7 Å². The van der Waals surface area contributed by atoms with Crippen LogP contribution in [0.3, 0.4) is 0 Å². The molecular weight excluding hydrogens is 354 g/mol. The van der Waals surface area contributed by atoms with Gasteiger partial charge in [-0.3, -0.25) is 19.5 Å². The van der Waals surface area contributed by atoms with Gasteiger partial charge in [0, 0.05) is 11.0 Å². The summed E-state index contributed by atoms with van der Waals surface area (Å²) in [5.41, 5.74) is 12.0. The van der Waals surface area contributed by atoms with Gasteiger partial charge < -0.3 is 16.2 Å². The number of nitrogen functional groups attached to an aromatic ring is 2. The molecule has 0 radical (unpaired) electrons. The van der Waals surface area contributed by atoms with Crippen molar-refractivity contribution in [3.8, 4) is 0 Å². The number of rotatable bonds is 8. The van der Waals surface area contributed by atoms with Crippen molar-refractivity contribution >= 4 is 17.7 Å². The first-order valence-electron chi connectivity index (χ1n) is 8.34. The summed E-state index contributed by atoms with van der Waals surface area (Å²) >= 11 is 0. The van der Waals surface area contributed by atoms with E-state index in [1.165, 1.54) is 0 Å². The Hall–Kier alpha value is -3.43. The van der Waals surface area contributed by atoms with Crippen LogP contribution in [0.25, 0.3) is 0 Å². The van der Waals surface area contributed by atoms with Crippen LogP contribution in [0.4, 0.5) is 11.8 Å². The fraction of sp³-hybridized carbons (Fsp3) is 0.353. The van der Waals surface area contributed by atoms with Gasteiger partial charge in [-0.15, -0.1) is 0 Å². The third-order valence-corrected chi connectivity index (χ3v) is 3.96. The minimum Gasteiger partial charge on any atom is -0.462 e. The van der Waals surface area contributed by atoms with Crippen LogP contribution >= 0.6 is 0 Å². The minimum atomic E-state index is -0.773. The first-order chi connectivity index (χ1) is 12.8. The average Bonchev–Trinajstić information content (AvgIpc) is 2.59. The van der Waals surface area contributed by atoms with E-state index in [0.29, 0.717) is 12.0 Å². The van der Waals surface area contributed by atoms with Gasteiger partial charge in [0.1, 0.15) is 11.9 Å². The number of anilines is 2. The number of aryl methyl sites for hydroxylation is 1. The van der Waals surface area contributed by atoms with Crippen molar-refractivity contribution in [2.45, 2.75) is 25.8 Å². The molecule has 4 N–H and O–H groups in total. The Bertz CT molecular complexity index is 878. The number of hydrogen-bond donors (Lipinski definition) is 2. The van der Waals surface area contributed by atoms with Gasteiger partial charge in [0.25, 0.3) is 5.56 Å². The Morgan fingerprint density at radius 3 is 2.56 bits per heavy atom. The predicted octanol–water partition coefficient (Wildman–Crippen LogP) is 1.03. The van der Waals surface area contributed by atoms with E-state index in [0.717, 1.165) is 16.2 Å². The van der Waals surface area contributed by atoms with Crippen LogP contribution in [-0.4, -0.2) is 33.6 Å². The second-order valence-electron chi connectivity index (χ2n) is 5.87. The van der Waals surface area contributed by atoms with E-state index in [4.69, 9.17) is 16.2 Å². The average molecular weight is 375 g/mol. The van der Waals surface area contributed by atoms with Gasteiger partial charge in [0.15, 0.2) is 0 Å². The molecule has 10 heteroatoms. The Kier molecular flexibility index (Phi) is 6.47. The molecule has 0 saturated carbocycles. The molecule has 0 amide bonds. The lowest BCUT2D eigenvalue weighted by molar-refractivity contribution is -0.486. The molecule has 1 heterocycles. The summed E-state index contributed by atoms with van der Waals surface area (Å²) in [4.78, 5) is 38.2. The summed E-state index contributed by atoms with van der Waals surface area (Å²) in [6.45, 7) is 1.53. The first kappa shape index (κ1) is 19.9. The van der Waals surface area contributed by atoms with Crippen molar-refractivity contribution < 1.29 is 14.5 Å². The van der Waals surface area contributed by atoms with Crippen LogP contribution in [0.2, 0.25) is 0 Å². The number of hydrogen-bond acceptors (Lipinski definition) is 8. The summed E-state index contributed by atoms with van der Waals surface area (Å²) in [5, 5.41) is 11.0. The summed E-state index contributed by atoms with van der Waals surface area (Å²) in [7, 11) is 0. The van der Waals surface area contributed by atoms with Crippen molar-refractivity contribution in [2.24, 2.45) is 0 Å². The van der Waals surface area contributed by atoms with Crippen LogP contribution in [-0.2, 0) is 11.2 Å². The van der Waals surface area contributed by atoms with Crippen molar-refractivity contribution in [3.63, 3.8) is 0 Å². The Morgan fingerprint density at radius 1 is 1.33 bits per heavy atom. The maximum absolute atomic E-state index is 12.2. The van der Waals surface area contributed by atoms with Crippen molar-refractivity contribution in [1.29, 1.82) is 0 Å². The molecule has 10 nitrogen and oxygen atoms in total. The fourth-order valence-corrected chi connectivity index (χ4v) is 2.72. The first-order valence-corrected chi connectivity index (χ1v) is 8.34. The van der Waals surface area contributed by atoms with Gasteiger partial charge in [-0.2, -0.15) is 4.98 Å². The van der Waals surface area contributed by atoms with E-state index < -0.39 is 29.0 Å². The molecule has 0 aliphatic carbocycles. The molecule has 1 aromatic heterocycles. The smallest absolute Gasteiger partial charge is 0.338 e. The summed E-state index contributed by atoms with van der Waals surface area (Å²) in [5.74, 6) is -0.616. The molecular formula is C17H21N5O5. The van der Waals surface area contributed by atoms with E-state index in [1.54, 1.807) is 31.2 Å². The van der Waals surface area contributed by atoms with Gasteiger partial charge in [-0.05, 0) is 37.5 Å². The number of aromatic nitrogens is 2.